The average molecular weight is 426 g/mol. The summed E-state index contributed by atoms with van der Waals surface area (Å²) in [6.45, 7) is 2.31. The van der Waals surface area contributed by atoms with Gasteiger partial charge in [0.05, 0.1) is 13.7 Å². The zero-order chi connectivity index (χ0) is 21.8. The second kappa shape index (κ2) is 9.73. The molecule has 2 aromatic rings. The lowest BCUT2D eigenvalue weighted by Crippen LogP contribution is -2.50. The summed E-state index contributed by atoms with van der Waals surface area (Å²) >= 11 is 0. The van der Waals surface area contributed by atoms with Crippen molar-refractivity contribution in [1.82, 2.24) is 19.6 Å². The Balaban J connectivity index is 1.51. The van der Waals surface area contributed by atoms with Crippen LogP contribution in [0.3, 0.4) is 0 Å². The number of fused-ring (bicyclic) bond motifs is 1. The number of amides is 2. The first kappa shape index (κ1) is 21.7. The molecule has 0 saturated heterocycles. The number of urea groups is 1. The SMILES string of the molecule is COc1ccc2c(c1)CN(C(=O)Nc1ccn(CCN(C)C)n1)[C@@H](C1CCCCC1)C2. The lowest BCUT2D eigenvalue weighted by molar-refractivity contribution is 0.125. The highest BCUT2D eigenvalue weighted by atomic mass is 16.5. The first-order valence-electron chi connectivity index (χ1n) is 11.4. The Kier molecular flexibility index (Phi) is 6.80. The first-order valence-corrected chi connectivity index (χ1v) is 11.4. The van der Waals surface area contributed by atoms with E-state index in [4.69, 9.17) is 4.74 Å². The number of nitrogens with one attached hydrogen (secondary N) is 1. The van der Waals surface area contributed by atoms with Gasteiger partial charge in [-0.15, -0.1) is 0 Å². The fourth-order valence-electron chi connectivity index (χ4n) is 4.91. The maximum Gasteiger partial charge on any atom is 0.323 e. The molecule has 1 aliphatic carbocycles. The predicted molar refractivity (Wildman–Crippen MR) is 122 cm³/mol. The molecule has 1 aliphatic heterocycles. The van der Waals surface area contributed by atoms with Gasteiger partial charge >= 0.3 is 6.03 Å². The molecule has 7 nitrogen and oxygen atoms in total. The van der Waals surface area contributed by atoms with Crippen molar-refractivity contribution in [3.8, 4) is 5.75 Å². The summed E-state index contributed by atoms with van der Waals surface area (Å²) in [7, 11) is 5.77. The number of aromatic nitrogens is 2. The van der Waals surface area contributed by atoms with Gasteiger partial charge in [-0.05, 0) is 62.5 Å². The number of hydrogen-bond donors (Lipinski definition) is 1. The van der Waals surface area contributed by atoms with E-state index in [-0.39, 0.29) is 12.1 Å². The molecule has 1 aromatic carbocycles. The summed E-state index contributed by atoms with van der Waals surface area (Å²) in [6, 6.07) is 8.34. The molecule has 1 aromatic heterocycles. The van der Waals surface area contributed by atoms with Crippen LogP contribution in [-0.2, 0) is 19.5 Å². The van der Waals surface area contributed by atoms with Gasteiger partial charge in [0.1, 0.15) is 5.75 Å². The van der Waals surface area contributed by atoms with E-state index in [1.165, 1.54) is 43.2 Å². The number of benzene rings is 1. The lowest BCUT2D eigenvalue weighted by atomic mass is 9.78. The van der Waals surface area contributed by atoms with Crippen molar-refractivity contribution in [1.29, 1.82) is 0 Å². The summed E-state index contributed by atoms with van der Waals surface area (Å²) in [6.07, 6.45) is 9.10. The Hall–Kier alpha value is -2.54. The number of nitrogens with zero attached hydrogens (tertiary/aromatic N) is 4. The van der Waals surface area contributed by atoms with Crippen LogP contribution in [0.2, 0.25) is 0 Å². The van der Waals surface area contributed by atoms with Gasteiger partial charge in [-0.25, -0.2) is 4.79 Å². The maximum absolute atomic E-state index is 13.4. The van der Waals surface area contributed by atoms with Crippen LogP contribution < -0.4 is 10.1 Å². The highest BCUT2D eigenvalue weighted by molar-refractivity contribution is 5.88. The van der Waals surface area contributed by atoms with E-state index in [9.17, 15) is 4.79 Å². The Morgan fingerprint density at radius 3 is 2.74 bits per heavy atom. The molecule has 0 radical (unpaired) electrons. The number of ether oxygens (including phenoxy) is 1. The number of carbonyl (C=O) groups is 1. The van der Waals surface area contributed by atoms with Crippen LogP contribution in [0.25, 0.3) is 0 Å². The molecule has 2 amide bonds. The molecule has 1 fully saturated rings. The van der Waals surface area contributed by atoms with E-state index in [1.54, 1.807) is 7.11 Å². The van der Waals surface area contributed by atoms with Gasteiger partial charge in [0, 0.05) is 31.4 Å². The van der Waals surface area contributed by atoms with E-state index >= 15 is 0 Å². The molecule has 1 N–H and O–H groups in total. The predicted octanol–water partition coefficient (Wildman–Crippen LogP) is 3.99. The van der Waals surface area contributed by atoms with Crippen LogP contribution >= 0.6 is 0 Å². The van der Waals surface area contributed by atoms with Gasteiger partial charge in [-0.3, -0.25) is 10.00 Å². The van der Waals surface area contributed by atoms with Crippen molar-refractivity contribution in [3.63, 3.8) is 0 Å². The number of likely N-dealkylation sites (N-methyl/N-ethyl adjacent to an activating group) is 1. The third-order valence-corrected chi connectivity index (χ3v) is 6.69. The number of methoxy groups -OCH3 is 1. The van der Waals surface area contributed by atoms with Gasteiger partial charge in [-0.1, -0.05) is 25.3 Å². The van der Waals surface area contributed by atoms with Crippen molar-refractivity contribution in [3.05, 3.63) is 41.6 Å². The van der Waals surface area contributed by atoms with Crippen LogP contribution in [0.1, 0.15) is 43.2 Å². The van der Waals surface area contributed by atoms with Crippen molar-refractivity contribution in [2.75, 3.05) is 33.1 Å². The zero-order valence-corrected chi connectivity index (χ0v) is 19.0. The largest absolute Gasteiger partial charge is 0.497 e. The van der Waals surface area contributed by atoms with Crippen molar-refractivity contribution >= 4 is 11.8 Å². The molecule has 2 heterocycles. The molecule has 1 atom stereocenters. The standard InChI is InChI=1S/C24H35N5O2/c1-27(2)13-14-28-12-11-23(26-28)25-24(30)29-17-20-15-21(31-3)10-9-19(20)16-22(29)18-7-5-4-6-8-18/h9-12,15,18,22H,4-8,13-14,16-17H2,1-3H3,(H,25,26,30)/t22-/m1/s1. The minimum absolute atomic E-state index is 0.0538. The van der Waals surface area contributed by atoms with E-state index in [0.29, 0.717) is 18.3 Å². The molecule has 0 unspecified atom stereocenters. The molecule has 0 spiro atoms. The Labute approximate surface area is 185 Å². The highest BCUT2D eigenvalue weighted by Gasteiger charge is 2.36. The summed E-state index contributed by atoms with van der Waals surface area (Å²) in [5.41, 5.74) is 2.52. The third-order valence-electron chi connectivity index (χ3n) is 6.69. The molecule has 1 saturated carbocycles. The van der Waals surface area contributed by atoms with Crippen LogP contribution in [0.15, 0.2) is 30.5 Å². The van der Waals surface area contributed by atoms with Gasteiger partial charge in [0.15, 0.2) is 5.82 Å². The van der Waals surface area contributed by atoms with Crippen molar-refractivity contribution < 1.29 is 9.53 Å². The second-order valence-electron chi connectivity index (χ2n) is 9.13. The van der Waals surface area contributed by atoms with Crippen LogP contribution in [0.5, 0.6) is 5.75 Å². The molecule has 4 rings (SSSR count). The smallest absolute Gasteiger partial charge is 0.323 e. The van der Waals surface area contributed by atoms with Crippen LogP contribution in [-0.4, -0.2) is 59.4 Å². The van der Waals surface area contributed by atoms with Crippen molar-refractivity contribution in [2.45, 2.75) is 57.7 Å². The van der Waals surface area contributed by atoms with E-state index in [2.05, 4.69) is 27.4 Å². The normalized spacial score (nSPS) is 19.4. The molecule has 168 valence electrons. The van der Waals surface area contributed by atoms with E-state index in [0.717, 1.165) is 25.3 Å². The number of anilines is 1. The maximum atomic E-state index is 13.4. The topological polar surface area (TPSA) is 62.6 Å². The average Bonchev–Trinajstić information content (AvgIpc) is 3.24. The van der Waals surface area contributed by atoms with Gasteiger partial charge in [0.2, 0.25) is 0 Å². The Morgan fingerprint density at radius 2 is 2.00 bits per heavy atom. The molecule has 7 heteroatoms. The lowest BCUT2D eigenvalue weighted by Gasteiger charge is -2.42. The molecule has 31 heavy (non-hydrogen) atoms. The summed E-state index contributed by atoms with van der Waals surface area (Å²) in [5, 5.41) is 7.60. The quantitative estimate of drug-likeness (QED) is 0.760. The highest BCUT2D eigenvalue weighted by Crippen LogP contribution is 2.36. The molecular formula is C24H35N5O2. The van der Waals surface area contributed by atoms with Crippen LogP contribution in [0.4, 0.5) is 10.6 Å². The zero-order valence-electron chi connectivity index (χ0n) is 19.0. The van der Waals surface area contributed by atoms with Crippen LogP contribution in [0, 0.1) is 5.92 Å². The summed E-state index contributed by atoms with van der Waals surface area (Å²) in [5.74, 6) is 2.02. The number of rotatable bonds is 6. The minimum Gasteiger partial charge on any atom is -0.497 e. The minimum atomic E-state index is -0.0538. The fourth-order valence-corrected chi connectivity index (χ4v) is 4.91. The van der Waals surface area contributed by atoms with Gasteiger partial charge in [-0.2, -0.15) is 5.10 Å². The number of carbonyl (C=O) groups excluding carboxylic acids is 1. The summed E-state index contributed by atoms with van der Waals surface area (Å²) < 4.78 is 7.30. The monoisotopic (exact) mass is 425 g/mol. The Morgan fingerprint density at radius 1 is 1.19 bits per heavy atom. The van der Waals surface area contributed by atoms with Crippen molar-refractivity contribution in [2.24, 2.45) is 5.92 Å². The number of hydrogen-bond acceptors (Lipinski definition) is 4. The van der Waals surface area contributed by atoms with E-state index in [1.807, 2.05) is 42.0 Å². The van der Waals surface area contributed by atoms with Gasteiger partial charge < -0.3 is 14.5 Å². The second-order valence-corrected chi connectivity index (χ2v) is 9.13. The first-order chi connectivity index (χ1) is 15.0. The van der Waals surface area contributed by atoms with E-state index < -0.39 is 0 Å². The van der Waals surface area contributed by atoms with Gasteiger partial charge in [0.25, 0.3) is 0 Å². The fraction of sp³-hybridized carbons (Fsp3) is 0.583. The molecule has 0 bridgehead atoms. The summed E-state index contributed by atoms with van der Waals surface area (Å²) in [4.78, 5) is 17.5. The third kappa shape index (κ3) is 5.21. The Bertz CT molecular complexity index is 888. The molecule has 2 aliphatic rings. The molecular weight excluding hydrogens is 390 g/mol.